The summed E-state index contributed by atoms with van der Waals surface area (Å²) in [5, 5.41) is 0. The van der Waals surface area contributed by atoms with Gasteiger partial charge in [-0.05, 0) is 24.8 Å². The minimum absolute atomic E-state index is 0.819. The van der Waals surface area contributed by atoms with Gasteiger partial charge in [-0.1, -0.05) is 31.1 Å². The summed E-state index contributed by atoms with van der Waals surface area (Å²) in [5.74, 6) is 1.76. The summed E-state index contributed by atoms with van der Waals surface area (Å²) < 4.78 is 0. The van der Waals surface area contributed by atoms with Crippen molar-refractivity contribution in [2.24, 2.45) is 11.8 Å². The molecule has 0 aromatic rings. The fourth-order valence-corrected chi connectivity index (χ4v) is 2.26. The van der Waals surface area contributed by atoms with Crippen molar-refractivity contribution in [3.8, 4) is 0 Å². The van der Waals surface area contributed by atoms with E-state index in [0.717, 1.165) is 11.8 Å². The molecule has 0 fully saturated rings. The SMILES string of the molecule is CCC1CC2=C(C)C1C=C2. The van der Waals surface area contributed by atoms with E-state index in [2.05, 4.69) is 26.0 Å². The van der Waals surface area contributed by atoms with Crippen molar-refractivity contribution in [2.75, 3.05) is 0 Å². The smallest absolute Gasteiger partial charge is 0.00144 e. The van der Waals surface area contributed by atoms with E-state index in [1.165, 1.54) is 12.8 Å². The normalized spacial score (nSPS) is 36.2. The molecule has 0 aromatic carbocycles. The van der Waals surface area contributed by atoms with Gasteiger partial charge in [0, 0.05) is 5.92 Å². The summed E-state index contributed by atoms with van der Waals surface area (Å²) in [5.41, 5.74) is 3.27. The van der Waals surface area contributed by atoms with E-state index in [1.807, 2.05) is 0 Å². The largest absolute Gasteiger partial charge is 0.0768 e. The van der Waals surface area contributed by atoms with Crippen LogP contribution in [0.25, 0.3) is 0 Å². The van der Waals surface area contributed by atoms with Gasteiger partial charge in [-0.2, -0.15) is 0 Å². The van der Waals surface area contributed by atoms with E-state index in [1.54, 1.807) is 11.1 Å². The predicted octanol–water partition coefficient (Wildman–Crippen LogP) is 2.92. The van der Waals surface area contributed by atoms with Crippen LogP contribution in [0, 0.1) is 11.8 Å². The predicted molar refractivity (Wildman–Crippen MR) is 43.7 cm³/mol. The van der Waals surface area contributed by atoms with Crippen molar-refractivity contribution in [3.05, 3.63) is 23.3 Å². The Morgan fingerprint density at radius 2 is 2.40 bits per heavy atom. The van der Waals surface area contributed by atoms with Gasteiger partial charge in [0.05, 0.1) is 0 Å². The lowest BCUT2D eigenvalue weighted by atomic mass is 9.88. The van der Waals surface area contributed by atoms with Crippen LogP contribution in [0.1, 0.15) is 26.7 Å². The van der Waals surface area contributed by atoms with Crippen LogP contribution in [-0.4, -0.2) is 0 Å². The first-order valence-electron chi connectivity index (χ1n) is 4.20. The highest BCUT2D eigenvalue weighted by Crippen LogP contribution is 2.44. The molecule has 0 amide bonds. The molecule has 2 rings (SSSR count). The lowest BCUT2D eigenvalue weighted by Crippen LogP contribution is -2.07. The van der Waals surface area contributed by atoms with Gasteiger partial charge in [0.2, 0.25) is 0 Å². The second kappa shape index (κ2) is 1.98. The van der Waals surface area contributed by atoms with Crippen molar-refractivity contribution < 1.29 is 0 Å². The zero-order valence-corrected chi connectivity index (χ0v) is 6.72. The molecule has 10 heavy (non-hydrogen) atoms. The van der Waals surface area contributed by atoms with Gasteiger partial charge in [0.15, 0.2) is 0 Å². The van der Waals surface area contributed by atoms with Gasteiger partial charge in [-0.15, -0.1) is 0 Å². The van der Waals surface area contributed by atoms with E-state index in [9.17, 15) is 0 Å². The molecule has 2 atom stereocenters. The molecular weight excluding hydrogens is 120 g/mol. The van der Waals surface area contributed by atoms with Crippen LogP contribution in [0.3, 0.4) is 0 Å². The maximum absolute atomic E-state index is 2.38. The van der Waals surface area contributed by atoms with E-state index < -0.39 is 0 Å². The lowest BCUT2D eigenvalue weighted by molar-refractivity contribution is 0.452. The van der Waals surface area contributed by atoms with Crippen LogP contribution < -0.4 is 0 Å². The molecule has 0 aromatic heterocycles. The van der Waals surface area contributed by atoms with Crippen molar-refractivity contribution in [1.82, 2.24) is 0 Å². The molecule has 2 unspecified atom stereocenters. The molecule has 0 N–H and O–H groups in total. The molecule has 0 heterocycles. The highest BCUT2D eigenvalue weighted by atomic mass is 14.4. The van der Waals surface area contributed by atoms with Gasteiger partial charge < -0.3 is 0 Å². The summed E-state index contributed by atoms with van der Waals surface area (Å²) in [6, 6.07) is 0. The van der Waals surface area contributed by atoms with Gasteiger partial charge in [-0.25, -0.2) is 0 Å². The quantitative estimate of drug-likeness (QED) is 0.517. The van der Waals surface area contributed by atoms with Crippen LogP contribution in [-0.2, 0) is 0 Å². The van der Waals surface area contributed by atoms with Gasteiger partial charge in [-0.3, -0.25) is 0 Å². The summed E-state index contributed by atoms with van der Waals surface area (Å²) in [6.45, 7) is 4.59. The summed E-state index contributed by atoms with van der Waals surface area (Å²) in [6.07, 6.45) is 7.38. The molecule has 0 heteroatoms. The third kappa shape index (κ3) is 0.622. The zero-order valence-electron chi connectivity index (χ0n) is 6.72. The molecule has 0 saturated heterocycles. The van der Waals surface area contributed by atoms with Gasteiger partial charge >= 0.3 is 0 Å². The average molecular weight is 134 g/mol. The van der Waals surface area contributed by atoms with Gasteiger partial charge in [0.25, 0.3) is 0 Å². The third-order valence-electron chi connectivity index (χ3n) is 3.03. The number of fused-ring (bicyclic) bond motifs is 1. The Bertz CT molecular complexity index is 208. The Kier molecular flexibility index (Phi) is 1.23. The van der Waals surface area contributed by atoms with E-state index in [4.69, 9.17) is 0 Å². The Morgan fingerprint density at radius 1 is 1.60 bits per heavy atom. The summed E-state index contributed by atoms with van der Waals surface area (Å²) in [4.78, 5) is 0. The fraction of sp³-hybridized carbons (Fsp3) is 0.600. The monoisotopic (exact) mass is 134 g/mol. The molecule has 0 aliphatic heterocycles. The van der Waals surface area contributed by atoms with Crippen molar-refractivity contribution >= 4 is 0 Å². The Balaban J connectivity index is 2.25. The first-order chi connectivity index (χ1) is 4.83. The van der Waals surface area contributed by atoms with Crippen molar-refractivity contribution in [3.63, 3.8) is 0 Å². The number of hydrogen-bond donors (Lipinski definition) is 0. The second-order valence-electron chi connectivity index (χ2n) is 3.47. The van der Waals surface area contributed by atoms with Gasteiger partial charge in [0.1, 0.15) is 0 Å². The third-order valence-corrected chi connectivity index (χ3v) is 3.03. The minimum Gasteiger partial charge on any atom is -0.0768 e. The number of hydrogen-bond acceptors (Lipinski definition) is 0. The Labute approximate surface area is 62.6 Å². The van der Waals surface area contributed by atoms with Crippen molar-refractivity contribution in [1.29, 1.82) is 0 Å². The highest BCUT2D eigenvalue weighted by molar-refractivity contribution is 5.41. The Hall–Kier alpha value is -0.520. The standard InChI is InChI=1S/C10H14/c1-3-8-6-9-4-5-10(8)7(9)2/h4-5,8,10H,3,6H2,1-2H3. The number of rotatable bonds is 1. The molecule has 2 bridgehead atoms. The van der Waals surface area contributed by atoms with Crippen LogP contribution in [0.2, 0.25) is 0 Å². The molecular formula is C10H14. The van der Waals surface area contributed by atoms with E-state index >= 15 is 0 Å². The topological polar surface area (TPSA) is 0 Å². The molecule has 0 saturated carbocycles. The summed E-state index contributed by atoms with van der Waals surface area (Å²) in [7, 11) is 0. The average Bonchev–Trinajstić information content (AvgIpc) is 2.46. The zero-order chi connectivity index (χ0) is 7.14. The van der Waals surface area contributed by atoms with E-state index in [-0.39, 0.29) is 0 Å². The molecule has 0 nitrogen and oxygen atoms in total. The highest BCUT2D eigenvalue weighted by Gasteiger charge is 2.31. The van der Waals surface area contributed by atoms with Crippen LogP contribution in [0.4, 0.5) is 0 Å². The Morgan fingerprint density at radius 3 is 2.70 bits per heavy atom. The lowest BCUT2D eigenvalue weighted by Gasteiger charge is -2.16. The van der Waals surface area contributed by atoms with Crippen LogP contribution in [0.15, 0.2) is 23.3 Å². The van der Waals surface area contributed by atoms with Crippen LogP contribution >= 0.6 is 0 Å². The second-order valence-corrected chi connectivity index (χ2v) is 3.47. The first-order valence-corrected chi connectivity index (χ1v) is 4.20. The first kappa shape index (κ1) is 6.21. The molecule has 2 aliphatic carbocycles. The number of allylic oxidation sites excluding steroid dienone is 4. The molecule has 0 spiro atoms. The maximum atomic E-state index is 2.38. The maximum Gasteiger partial charge on any atom is 0.00144 e. The molecule has 54 valence electrons. The van der Waals surface area contributed by atoms with Crippen molar-refractivity contribution in [2.45, 2.75) is 26.7 Å². The molecule has 2 aliphatic rings. The minimum atomic E-state index is 0.819. The fourth-order valence-electron chi connectivity index (χ4n) is 2.26. The summed E-state index contributed by atoms with van der Waals surface area (Å²) >= 11 is 0. The van der Waals surface area contributed by atoms with E-state index in [0.29, 0.717) is 0 Å². The molecule has 0 radical (unpaired) electrons. The van der Waals surface area contributed by atoms with Crippen LogP contribution in [0.5, 0.6) is 0 Å².